The van der Waals surface area contributed by atoms with Crippen LogP contribution in [0.1, 0.15) is 19.3 Å². The Morgan fingerprint density at radius 2 is 2.29 bits per heavy atom. The number of anilines is 1. The lowest BCUT2D eigenvalue weighted by molar-refractivity contribution is 0.397. The summed E-state index contributed by atoms with van der Waals surface area (Å²) >= 11 is 5.95. The molecule has 0 bridgehead atoms. The first kappa shape index (κ1) is 12.4. The van der Waals surface area contributed by atoms with E-state index in [0.29, 0.717) is 23.7 Å². The van der Waals surface area contributed by atoms with Crippen LogP contribution in [0.15, 0.2) is 12.3 Å². The van der Waals surface area contributed by atoms with Gasteiger partial charge in [-0.2, -0.15) is 4.98 Å². The van der Waals surface area contributed by atoms with Gasteiger partial charge in [-0.1, -0.05) is 6.42 Å². The van der Waals surface area contributed by atoms with Gasteiger partial charge in [-0.25, -0.2) is 4.98 Å². The second-order valence-corrected chi connectivity index (χ2v) is 4.72. The third-order valence-electron chi connectivity index (χ3n) is 3.38. The number of nitrogens with one attached hydrogen (secondary N) is 1. The van der Waals surface area contributed by atoms with Gasteiger partial charge in [0.05, 0.1) is 7.11 Å². The Labute approximate surface area is 107 Å². The quantitative estimate of drug-likeness (QED) is 0.822. The fourth-order valence-electron chi connectivity index (χ4n) is 2.35. The highest BCUT2D eigenvalue weighted by molar-refractivity contribution is 6.18. The molecule has 1 saturated carbocycles. The van der Waals surface area contributed by atoms with Crippen molar-refractivity contribution in [3.63, 3.8) is 0 Å². The molecule has 4 nitrogen and oxygen atoms in total. The highest BCUT2D eigenvalue weighted by Crippen LogP contribution is 2.32. The van der Waals surface area contributed by atoms with Crippen molar-refractivity contribution in [1.82, 2.24) is 9.97 Å². The predicted octanol–water partition coefficient (Wildman–Crippen LogP) is 2.55. The molecular weight excluding hydrogens is 238 g/mol. The van der Waals surface area contributed by atoms with E-state index in [-0.39, 0.29) is 0 Å². The van der Waals surface area contributed by atoms with Crippen molar-refractivity contribution < 1.29 is 4.74 Å². The van der Waals surface area contributed by atoms with Crippen LogP contribution in [0.3, 0.4) is 0 Å². The molecule has 1 heterocycles. The Bertz CT molecular complexity index is 361. The molecule has 0 aromatic carbocycles. The van der Waals surface area contributed by atoms with Gasteiger partial charge in [0.2, 0.25) is 11.8 Å². The van der Waals surface area contributed by atoms with Crippen LogP contribution in [-0.2, 0) is 0 Å². The summed E-state index contributed by atoms with van der Waals surface area (Å²) in [6.45, 7) is 0.893. The van der Waals surface area contributed by atoms with E-state index in [4.69, 9.17) is 16.3 Å². The zero-order chi connectivity index (χ0) is 12.1. The summed E-state index contributed by atoms with van der Waals surface area (Å²) in [5.74, 6) is 3.25. The van der Waals surface area contributed by atoms with Gasteiger partial charge in [-0.15, -0.1) is 11.6 Å². The third kappa shape index (κ3) is 3.22. The molecule has 0 amide bonds. The van der Waals surface area contributed by atoms with E-state index in [1.807, 2.05) is 0 Å². The van der Waals surface area contributed by atoms with E-state index in [1.54, 1.807) is 19.4 Å². The Balaban J connectivity index is 1.88. The zero-order valence-electron chi connectivity index (χ0n) is 10.0. The van der Waals surface area contributed by atoms with Gasteiger partial charge in [0, 0.05) is 24.7 Å². The van der Waals surface area contributed by atoms with Gasteiger partial charge in [0.15, 0.2) is 0 Å². The second-order valence-electron chi connectivity index (χ2n) is 4.41. The molecule has 1 aromatic heterocycles. The molecule has 1 aromatic rings. The Kier molecular flexibility index (Phi) is 4.42. The molecule has 1 aliphatic carbocycles. The summed E-state index contributed by atoms with van der Waals surface area (Å²) in [5.41, 5.74) is 0. The average molecular weight is 256 g/mol. The van der Waals surface area contributed by atoms with E-state index >= 15 is 0 Å². The molecule has 0 spiro atoms. The first-order chi connectivity index (χ1) is 8.33. The third-order valence-corrected chi connectivity index (χ3v) is 3.77. The number of methoxy groups -OCH3 is 1. The fraction of sp³-hybridized carbons (Fsp3) is 0.667. The van der Waals surface area contributed by atoms with Crippen molar-refractivity contribution in [2.24, 2.45) is 11.8 Å². The summed E-state index contributed by atoms with van der Waals surface area (Å²) in [4.78, 5) is 8.39. The van der Waals surface area contributed by atoms with Gasteiger partial charge >= 0.3 is 0 Å². The number of alkyl halides is 1. The van der Waals surface area contributed by atoms with Crippen LogP contribution in [0.4, 0.5) is 5.95 Å². The van der Waals surface area contributed by atoms with Crippen LogP contribution < -0.4 is 10.1 Å². The highest BCUT2D eigenvalue weighted by Gasteiger charge is 2.26. The number of ether oxygens (including phenoxy) is 1. The minimum atomic E-state index is 0.586. The number of aromatic nitrogens is 2. The van der Waals surface area contributed by atoms with Gasteiger partial charge in [-0.05, 0) is 24.7 Å². The number of rotatable bonds is 5. The molecule has 2 rings (SSSR count). The Hall–Kier alpha value is -1.03. The molecule has 0 saturated heterocycles. The molecule has 1 fully saturated rings. The van der Waals surface area contributed by atoms with E-state index in [9.17, 15) is 0 Å². The van der Waals surface area contributed by atoms with Crippen molar-refractivity contribution in [1.29, 1.82) is 0 Å². The van der Waals surface area contributed by atoms with Gasteiger partial charge in [0.25, 0.3) is 0 Å². The van der Waals surface area contributed by atoms with E-state index in [1.165, 1.54) is 19.3 Å². The zero-order valence-corrected chi connectivity index (χ0v) is 10.8. The largest absolute Gasteiger partial charge is 0.481 e. The van der Waals surface area contributed by atoms with E-state index in [2.05, 4.69) is 15.3 Å². The topological polar surface area (TPSA) is 47.0 Å². The van der Waals surface area contributed by atoms with Crippen LogP contribution >= 0.6 is 11.6 Å². The molecule has 0 aliphatic heterocycles. The number of nitrogens with zero attached hydrogens (tertiary/aromatic N) is 2. The predicted molar refractivity (Wildman–Crippen MR) is 68.6 cm³/mol. The molecule has 2 atom stereocenters. The maximum absolute atomic E-state index is 5.95. The SMILES string of the molecule is COc1ccnc(NCC2CCCC2CCl)n1. The van der Waals surface area contributed by atoms with Crippen LogP contribution in [0.5, 0.6) is 5.88 Å². The fourth-order valence-corrected chi connectivity index (χ4v) is 2.76. The normalized spacial score (nSPS) is 23.6. The molecule has 5 heteroatoms. The minimum absolute atomic E-state index is 0.586. The standard InChI is InChI=1S/C12H18ClN3O/c1-17-11-5-6-14-12(16-11)15-8-10-4-2-3-9(10)7-13/h5-6,9-10H,2-4,7-8H2,1H3,(H,14,15,16). The number of halogens is 1. The lowest BCUT2D eigenvalue weighted by Crippen LogP contribution is -2.20. The van der Waals surface area contributed by atoms with Crippen molar-refractivity contribution >= 4 is 17.5 Å². The van der Waals surface area contributed by atoms with Crippen LogP contribution in [0, 0.1) is 11.8 Å². The number of hydrogen-bond acceptors (Lipinski definition) is 4. The Morgan fingerprint density at radius 1 is 1.47 bits per heavy atom. The molecule has 1 aliphatic rings. The molecule has 1 N–H and O–H groups in total. The second kappa shape index (κ2) is 6.05. The minimum Gasteiger partial charge on any atom is -0.481 e. The lowest BCUT2D eigenvalue weighted by atomic mass is 9.98. The summed E-state index contributed by atoms with van der Waals surface area (Å²) in [7, 11) is 1.60. The van der Waals surface area contributed by atoms with Gasteiger partial charge < -0.3 is 10.1 Å². The van der Waals surface area contributed by atoms with Crippen molar-refractivity contribution in [2.45, 2.75) is 19.3 Å². The van der Waals surface area contributed by atoms with Crippen molar-refractivity contribution in [2.75, 3.05) is 24.9 Å². The van der Waals surface area contributed by atoms with Crippen molar-refractivity contribution in [3.05, 3.63) is 12.3 Å². The van der Waals surface area contributed by atoms with Gasteiger partial charge in [-0.3, -0.25) is 0 Å². The van der Waals surface area contributed by atoms with Crippen LogP contribution in [0.2, 0.25) is 0 Å². The summed E-state index contributed by atoms with van der Waals surface area (Å²) in [6.07, 6.45) is 5.47. The maximum Gasteiger partial charge on any atom is 0.225 e. The van der Waals surface area contributed by atoms with Crippen molar-refractivity contribution in [3.8, 4) is 5.88 Å². The Morgan fingerprint density at radius 3 is 3.06 bits per heavy atom. The monoisotopic (exact) mass is 255 g/mol. The summed E-state index contributed by atoms with van der Waals surface area (Å²) in [5, 5.41) is 3.26. The van der Waals surface area contributed by atoms with Crippen LogP contribution in [0.25, 0.3) is 0 Å². The smallest absolute Gasteiger partial charge is 0.225 e. The first-order valence-electron chi connectivity index (χ1n) is 6.00. The van der Waals surface area contributed by atoms with Crippen LogP contribution in [-0.4, -0.2) is 29.5 Å². The van der Waals surface area contributed by atoms with E-state index < -0.39 is 0 Å². The molecule has 94 valence electrons. The molecular formula is C12H18ClN3O. The first-order valence-corrected chi connectivity index (χ1v) is 6.54. The van der Waals surface area contributed by atoms with E-state index in [0.717, 1.165) is 12.4 Å². The molecule has 17 heavy (non-hydrogen) atoms. The average Bonchev–Trinajstić information content (AvgIpc) is 2.84. The maximum atomic E-state index is 5.95. The molecule has 2 unspecified atom stereocenters. The summed E-state index contributed by atoms with van der Waals surface area (Å²) < 4.78 is 5.06. The number of hydrogen-bond donors (Lipinski definition) is 1. The molecule has 0 radical (unpaired) electrons. The summed E-state index contributed by atoms with van der Waals surface area (Å²) in [6, 6.07) is 1.74. The van der Waals surface area contributed by atoms with Gasteiger partial charge in [0.1, 0.15) is 0 Å². The highest BCUT2D eigenvalue weighted by atomic mass is 35.5. The lowest BCUT2D eigenvalue weighted by Gasteiger charge is -2.17.